The normalized spacial score (nSPS) is 11.1. The molecule has 0 bridgehead atoms. The third-order valence-corrected chi connectivity index (χ3v) is 2.18. The van der Waals surface area contributed by atoms with Crippen LogP contribution in [0.25, 0.3) is 0 Å². The predicted molar refractivity (Wildman–Crippen MR) is 63.5 cm³/mol. The first-order valence-electron chi connectivity index (χ1n) is 4.92. The highest BCUT2D eigenvalue weighted by Crippen LogP contribution is 2.16. The lowest BCUT2D eigenvalue weighted by Crippen LogP contribution is -2.02. The van der Waals surface area contributed by atoms with E-state index in [1.54, 1.807) is 12.1 Å². The number of ether oxygens (including phenoxy) is 1. The smallest absolute Gasteiger partial charge is 0.329 e. The van der Waals surface area contributed by atoms with Gasteiger partial charge in [-0.3, -0.25) is 4.79 Å². The average Bonchev–Trinajstić information content (AvgIpc) is 2.28. The molecule has 0 saturated carbocycles. The molecule has 1 aromatic rings. The van der Waals surface area contributed by atoms with Crippen LogP contribution in [-0.2, 0) is 4.79 Å². The van der Waals surface area contributed by atoms with Crippen molar-refractivity contribution in [2.45, 2.75) is 6.92 Å². The Balaban J connectivity index is 2.86. The summed E-state index contributed by atoms with van der Waals surface area (Å²) in [6.45, 7) is 2.39. The van der Waals surface area contributed by atoms with E-state index in [-0.39, 0.29) is 5.03 Å². The van der Waals surface area contributed by atoms with Crippen LogP contribution in [-0.4, -0.2) is 23.5 Å². The van der Waals surface area contributed by atoms with Crippen LogP contribution >= 0.6 is 11.6 Å². The number of carbonyl (C=O) groups is 2. The standard InChI is InChI=1S/C12H11ClO4/c1-2-17-9-5-3-8(4-6-9)12(16)10(13)7-11(14)15/h3-7H,2H2,1H3,(H,14,15). The molecule has 1 rings (SSSR count). The van der Waals surface area contributed by atoms with Gasteiger partial charge in [-0.15, -0.1) is 0 Å². The number of ketones is 1. The van der Waals surface area contributed by atoms with Gasteiger partial charge in [-0.05, 0) is 31.2 Å². The van der Waals surface area contributed by atoms with Gasteiger partial charge in [-0.1, -0.05) is 11.6 Å². The number of hydrogen-bond donors (Lipinski definition) is 1. The van der Waals surface area contributed by atoms with Crippen molar-refractivity contribution < 1.29 is 19.4 Å². The Kier molecular flexibility index (Phi) is 4.72. The average molecular weight is 255 g/mol. The van der Waals surface area contributed by atoms with E-state index < -0.39 is 11.8 Å². The van der Waals surface area contributed by atoms with Gasteiger partial charge in [0.25, 0.3) is 0 Å². The second-order valence-electron chi connectivity index (χ2n) is 3.12. The number of hydrogen-bond acceptors (Lipinski definition) is 3. The summed E-state index contributed by atoms with van der Waals surface area (Å²) in [5, 5.41) is 8.13. The van der Waals surface area contributed by atoms with Crippen molar-refractivity contribution in [3.05, 3.63) is 40.9 Å². The maximum Gasteiger partial charge on any atom is 0.329 e. The molecular formula is C12H11ClO4. The number of halogens is 1. The Morgan fingerprint density at radius 3 is 2.41 bits per heavy atom. The molecule has 0 spiro atoms. The van der Waals surface area contributed by atoms with Crippen molar-refractivity contribution in [2.24, 2.45) is 0 Å². The molecule has 0 saturated heterocycles. The quantitative estimate of drug-likeness (QED) is 0.648. The fourth-order valence-corrected chi connectivity index (χ4v) is 1.38. The molecule has 4 nitrogen and oxygen atoms in total. The summed E-state index contributed by atoms with van der Waals surface area (Å²) >= 11 is 5.56. The lowest BCUT2D eigenvalue weighted by atomic mass is 10.1. The molecule has 0 heterocycles. The van der Waals surface area contributed by atoms with Crippen LogP contribution in [0.5, 0.6) is 5.75 Å². The number of carbonyl (C=O) groups excluding carboxylic acids is 1. The Morgan fingerprint density at radius 1 is 1.35 bits per heavy atom. The largest absolute Gasteiger partial charge is 0.494 e. The fourth-order valence-electron chi connectivity index (χ4n) is 1.18. The number of carboxylic acid groups (broad SMARTS) is 1. The van der Waals surface area contributed by atoms with Crippen LogP contribution < -0.4 is 4.74 Å². The van der Waals surface area contributed by atoms with Crippen molar-refractivity contribution in [3.63, 3.8) is 0 Å². The van der Waals surface area contributed by atoms with Crippen molar-refractivity contribution >= 4 is 23.4 Å². The zero-order chi connectivity index (χ0) is 12.8. The molecule has 90 valence electrons. The Morgan fingerprint density at radius 2 is 1.94 bits per heavy atom. The van der Waals surface area contributed by atoms with Crippen LogP contribution in [0.2, 0.25) is 0 Å². The van der Waals surface area contributed by atoms with Gasteiger partial charge in [0.15, 0.2) is 0 Å². The number of aliphatic carboxylic acids is 1. The lowest BCUT2D eigenvalue weighted by Gasteiger charge is -2.03. The van der Waals surface area contributed by atoms with E-state index in [0.29, 0.717) is 24.0 Å². The molecule has 0 fully saturated rings. The van der Waals surface area contributed by atoms with Gasteiger partial charge >= 0.3 is 5.97 Å². The number of benzene rings is 1. The zero-order valence-electron chi connectivity index (χ0n) is 9.14. The molecular weight excluding hydrogens is 244 g/mol. The van der Waals surface area contributed by atoms with Gasteiger partial charge in [0.2, 0.25) is 5.78 Å². The fraction of sp³-hybridized carbons (Fsp3) is 0.167. The van der Waals surface area contributed by atoms with Crippen LogP contribution in [0.1, 0.15) is 17.3 Å². The second kappa shape index (κ2) is 6.06. The molecule has 0 aliphatic carbocycles. The summed E-state index contributed by atoms with van der Waals surface area (Å²) in [6.07, 6.45) is 0.667. The number of allylic oxidation sites excluding steroid dienone is 1. The molecule has 0 amide bonds. The molecule has 1 aromatic carbocycles. The summed E-state index contributed by atoms with van der Waals surface area (Å²) < 4.78 is 5.21. The van der Waals surface area contributed by atoms with Crippen molar-refractivity contribution in [3.8, 4) is 5.75 Å². The predicted octanol–water partition coefficient (Wildman–Crippen LogP) is 2.48. The highest BCUT2D eigenvalue weighted by atomic mass is 35.5. The molecule has 17 heavy (non-hydrogen) atoms. The first-order chi connectivity index (χ1) is 8.04. The molecule has 5 heteroatoms. The maximum absolute atomic E-state index is 11.6. The van der Waals surface area contributed by atoms with E-state index >= 15 is 0 Å². The van der Waals surface area contributed by atoms with E-state index in [9.17, 15) is 9.59 Å². The summed E-state index contributed by atoms with van der Waals surface area (Å²) in [6, 6.07) is 6.32. The Hall–Kier alpha value is -1.81. The van der Waals surface area contributed by atoms with Crippen LogP contribution in [0, 0.1) is 0 Å². The minimum absolute atomic E-state index is 0.316. The van der Waals surface area contributed by atoms with Crippen LogP contribution in [0.4, 0.5) is 0 Å². The Labute approximate surface area is 103 Å². The monoisotopic (exact) mass is 254 g/mol. The van der Waals surface area contributed by atoms with E-state index in [1.807, 2.05) is 6.92 Å². The van der Waals surface area contributed by atoms with E-state index in [2.05, 4.69) is 0 Å². The van der Waals surface area contributed by atoms with Crippen LogP contribution in [0.15, 0.2) is 35.4 Å². The molecule has 0 aromatic heterocycles. The minimum Gasteiger partial charge on any atom is -0.494 e. The first-order valence-corrected chi connectivity index (χ1v) is 5.30. The molecule has 0 atom stereocenters. The summed E-state index contributed by atoms with van der Waals surface area (Å²) in [5.41, 5.74) is 0.316. The first kappa shape index (κ1) is 13.3. The highest BCUT2D eigenvalue weighted by molar-refractivity contribution is 6.46. The van der Waals surface area contributed by atoms with Gasteiger partial charge in [-0.2, -0.15) is 0 Å². The number of rotatable bonds is 5. The van der Waals surface area contributed by atoms with Crippen molar-refractivity contribution in [1.29, 1.82) is 0 Å². The minimum atomic E-state index is -1.26. The molecule has 0 radical (unpaired) electrons. The number of Topliss-reactive ketones (excluding diaryl/α,β-unsaturated/α-hetero) is 1. The van der Waals surface area contributed by atoms with Gasteiger partial charge in [0.1, 0.15) is 5.75 Å². The molecule has 0 aliphatic rings. The molecule has 1 N–H and O–H groups in total. The summed E-state index contributed by atoms with van der Waals surface area (Å²) in [7, 11) is 0. The van der Waals surface area contributed by atoms with Crippen molar-refractivity contribution in [1.82, 2.24) is 0 Å². The van der Waals surface area contributed by atoms with Crippen molar-refractivity contribution in [2.75, 3.05) is 6.61 Å². The Bertz CT molecular complexity index is 448. The topological polar surface area (TPSA) is 63.6 Å². The van der Waals surface area contributed by atoms with Gasteiger partial charge < -0.3 is 9.84 Å². The van der Waals surface area contributed by atoms with Gasteiger partial charge in [0.05, 0.1) is 11.6 Å². The maximum atomic E-state index is 11.6. The molecule has 0 aliphatic heterocycles. The third kappa shape index (κ3) is 3.92. The van der Waals surface area contributed by atoms with Gasteiger partial charge in [0, 0.05) is 11.6 Å². The van der Waals surface area contributed by atoms with E-state index in [0.717, 1.165) is 0 Å². The SMILES string of the molecule is CCOc1ccc(C(=O)C(Cl)=CC(=O)O)cc1. The van der Waals surface area contributed by atoms with Crippen LogP contribution in [0.3, 0.4) is 0 Å². The lowest BCUT2D eigenvalue weighted by molar-refractivity contribution is -0.131. The summed E-state index contributed by atoms with van der Waals surface area (Å²) in [5.74, 6) is -1.14. The third-order valence-electron chi connectivity index (χ3n) is 1.89. The molecule has 0 unspecified atom stereocenters. The zero-order valence-corrected chi connectivity index (χ0v) is 9.90. The number of carboxylic acids is 1. The highest BCUT2D eigenvalue weighted by Gasteiger charge is 2.11. The van der Waals surface area contributed by atoms with E-state index in [1.165, 1.54) is 12.1 Å². The van der Waals surface area contributed by atoms with Gasteiger partial charge in [-0.25, -0.2) is 4.79 Å². The second-order valence-corrected chi connectivity index (χ2v) is 3.52. The summed E-state index contributed by atoms with van der Waals surface area (Å²) in [4.78, 5) is 22.0. The van der Waals surface area contributed by atoms with E-state index in [4.69, 9.17) is 21.4 Å².